The maximum atomic E-state index is 14.5. The molecule has 294 valence electrons. The second-order valence-electron chi connectivity index (χ2n) is 14.1. The molecule has 6 rings (SSSR count). The molecule has 0 spiro atoms. The number of aromatic nitrogens is 1. The molecule has 0 radical (unpaired) electrons. The topological polar surface area (TPSA) is 281 Å². The predicted octanol–water partition coefficient (Wildman–Crippen LogP) is -0.491. The summed E-state index contributed by atoms with van der Waals surface area (Å²) in [5.41, 5.74) is 25.3. The Labute approximate surface area is 323 Å². The fourth-order valence-corrected chi connectivity index (χ4v) is 7.29. The van der Waals surface area contributed by atoms with Gasteiger partial charge in [0.15, 0.2) is 11.9 Å². The van der Waals surface area contributed by atoms with E-state index in [9.17, 15) is 24.0 Å². The van der Waals surface area contributed by atoms with Crippen LogP contribution in [-0.4, -0.2) is 95.1 Å². The number of hydrogen-bond donors (Lipinski definition) is 9. The lowest BCUT2D eigenvalue weighted by Crippen LogP contribution is -2.60. The van der Waals surface area contributed by atoms with Crippen LogP contribution in [0.15, 0.2) is 76.7 Å². The minimum absolute atomic E-state index is 0.0348. The number of aliphatic imine (C=N–C) groups is 2. The molecule has 3 aromatic carbocycles. The summed E-state index contributed by atoms with van der Waals surface area (Å²) >= 11 is 0. The molecular formula is C39H48N12O5. The number of nitrogens with zero attached hydrogens (tertiary/aromatic N) is 3. The minimum atomic E-state index is -1.13. The first kappa shape index (κ1) is 39.1. The van der Waals surface area contributed by atoms with Gasteiger partial charge in [-0.05, 0) is 53.6 Å². The van der Waals surface area contributed by atoms with Crippen LogP contribution in [0.2, 0.25) is 0 Å². The lowest BCUT2D eigenvalue weighted by Gasteiger charge is -2.37. The van der Waals surface area contributed by atoms with E-state index in [1.165, 1.54) is 4.90 Å². The highest BCUT2D eigenvalue weighted by Gasteiger charge is 2.41. The molecule has 56 heavy (non-hydrogen) atoms. The van der Waals surface area contributed by atoms with Crippen molar-refractivity contribution in [3.05, 3.63) is 83.6 Å². The lowest BCUT2D eigenvalue weighted by molar-refractivity contribution is -0.145. The number of nitrogens with two attached hydrogens (primary N) is 4. The molecule has 5 amide bonds. The van der Waals surface area contributed by atoms with E-state index in [1.54, 1.807) is 0 Å². The van der Waals surface area contributed by atoms with Gasteiger partial charge in [-0.3, -0.25) is 34.0 Å². The number of carbonyl (C=O) groups is 5. The van der Waals surface area contributed by atoms with E-state index in [4.69, 9.17) is 22.9 Å². The lowest BCUT2D eigenvalue weighted by atomic mass is 9.94. The third kappa shape index (κ3) is 9.52. The van der Waals surface area contributed by atoms with Gasteiger partial charge < -0.3 is 54.1 Å². The highest BCUT2D eigenvalue weighted by atomic mass is 16.2. The first-order chi connectivity index (χ1) is 27.0. The number of aromatic amines is 1. The highest BCUT2D eigenvalue weighted by Crippen LogP contribution is 2.31. The molecule has 0 unspecified atom stereocenters. The fraction of sp³-hybridized carbons (Fsp3) is 0.359. The van der Waals surface area contributed by atoms with E-state index in [2.05, 4.69) is 36.2 Å². The van der Waals surface area contributed by atoms with Crippen molar-refractivity contribution in [2.45, 2.75) is 69.2 Å². The Morgan fingerprint density at radius 2 is 1.38 bits per heavy atom. The van der Waals surface area contributed by atoms with Crippen molar-refractivity contribution in [2.75, 3.05) is 19.6 Å². The zero-order valence-electron chi connectivity index (χ0n) is 30.9. The highest BCUT2D eigenvalue weighted by molar-refractivity contribution is 5.98. The van der Waals surface area contributed by atoms with Gasteiger partial charge in [0.05, 0.1) is 13.1 Å². The summed E-state index contributed by atoms with van der Waals surface area (Å²) in [7, 11) is 0. The van der Waals surface area contributed by atoms with Crippen LogP contribution in [0.1, 0.15) is 42.5 Å². The van der Waals surface area contributed by atoms with Gasteiger partial charge in [-0.2, -0.15) is 0 Å². The Morgan fingerprint density at radius 1 is 0.714 bits per heavy atom. The molecule has 0 saturated carbocycles. The average Bonchev–Trinajstić information content (AvgIpc) is 3.55. The van der Waals surface area contributed by atoms with Crippen molar-refractivity contribution in [3.8, 4) is 0 Å². The summed E-state index contributed by atoms with van der Waals surface area (Å²) < 4.78 is 0. The summed E-state index contributed by atoms with van der Waals surface area (Å²) in [6.07, 6.45) is 1.12. The van der Waals surface area contributed by atoms with Gasteiger partial charge in [-0.15, -0.1) is 0 Å². The molecule has 3 heterocycles. The number of benzene rings is 3. The van der Waals surface area contributed by atoms with E-state index in [0.717, 1.165) is 38.5 Å². The van der Waals surface area contributed by atoms with Crippen LogP contribution in [0.3, 0.4) is 0 Å². The smallest absolute Gasteiger partial charge is 0.246 e. The number of carbonyl (C=O) groups excluding carboxylic acids is 5. The van der Waals surface area contributed by atoms with Crippen molar-refractivity contribution in [1.29, 1.82) is 0 Å². The third-order valence-electron chi connectivity index (χ3n) is 10.1. The van der Waals surface area contributed by atoms with Gasteiger partial charge in [0.2, 0.25) is 29.5 Å². The van der Waals surface area contributed by atoms with Gasteiger partial charge in [0.25, 0.3) is 0 Å². The summed E-state index contributed by atoms with van der Waals surface area (Å²) in [6.45, 7) is -0.0615. The first-order valence-corrected chi connectivity index (χ1v) is 18.6. The first-order valence-electron chi connectivity index (χ1n) is 18.6. The molecule has 0 aliphatic carbocycles. The second kappa shape index (κ2) is 17.7. The Balaban J connectivity index is 1.36. The standard InChI is InChI=1S/C39H48N12O5/c40-38(41)44-15-5-11-28-35(54)50-30(18-22-13-14-23-7-1-2-8-24(23)17-22)34(53)46-20-33(52)48-29(12-6-16-45-39(42)43)37(56)51-21-31-26(19-32(51)36(55)49-28)25-9-3-4-10-27(25)47-31/h1-4,7-10,13-14,17,28-30,32,47H,5-6,11-12,15-16,18-21H2,(H,46,53)(H,48,52)(H,49,55)(H,50,54)(H4,40,41,44)(H4,42,43,45)/t28-,29-,30-,32+/m0/s1. The summed E-state index contributed by atoms with van der Waals surface area (Å²) in [5.74, 6) is -3.20. The second-order valence-corrected chi connectivity index (χ2v) is 14.1. The summed E-state index contributed by atoms with van der Waals surface area (Å²) in [6, 6.07) is 16.7. The van der Waals surface area contributed by atoms with Crippen LogP contribution >= 0.6 is 0 Å². The van der Waals surface area contributed by atoms with Crippen molar-refractivity contribution < 1.29 is 24.0 Å². The monoisotopic (exact) mass is 764 g/mol. The number of rotatable bonds is 10. The number of nitrogens with one attached hydrogen (secondary N) is 5. The van der Waals surface area contributed by atoms with Gasteiger partial charge >= 0.3 is 0 Å². The molecule has 4 atom stereocenters. The molecule has 2 aliphatic rings. The maximum absolute atomic E-state index is 14.5. The summed E-state index contributed by atoms with van der Waals surface area (Å²) in [4.78, 5) is 83.3. The van der Waals surface area contributed by atoms with Crippen molar-refractivity contribution in [3.63, 3.8) is 0 Å². The van der Waals surface area contributed by atoms with Crippen LogP contribution < -0.4 is 44.2 Å². The molecule has 1 fully saturated rings. The van der Waals surface area contributed by atoms with E-state index in [0.29, 0.717) is 12.8 Å². The zero-order chi connectivity index (χ0) is 39.8. The number of guanidine groups is 2. The molecule has 17 nitrogen and oxygen atoms in total. The number of H-pyrrole nitrogens is 1. The van der Waals surface area contributed by atoms with Gasteiger partial charge in [-0.1, -0.05) is 60.7 Å². The minimum Gasteiger partial charge on any atom is -0.370 e. The zero-order valence-corrected chi connectivity index (χ0v) is 30.9. The van der Waals surface area contributed by atoms with Crippen molar-refractivity contribution in [2.24, 2.45) is 32.9 Å². The third-order valence-corrected chi connectivity index (χ3v) is 10.1. The van der Waals surface area contributed by atoms with E-state index in [-0.39, 0.29) is 57.2 Å². The average molecular weight is 765 g/mol. The van der Waals surface area contributed by atoms with Crippen LogP contribution in [0.5, 0.6) is 0 Å². The van der Waals surface area contributed by atoms with Gasteiger partial charge in [0, 0.05) is 42.5 Å². The van der Waals surface area contributed by atoms with E-state index < -0.39 is 60.2 Å². The molecule has 4 aromatic rings. The van der Waals surface area contributed by atoms with Crippen molar-refractivity contribution in [1.82, 2.24) is 31.2 Å². The number of hydrogen-bond acceptors (Lipinski definition) is 7. The van der Waals surface area contributed by atoms with Crippen LogP contribution in [0.4, 0.5) is 0 Å². The Bertz CT molecular complexity index is 2170. The Morgan fingerprint density at radius 3 is 2.11 bits per heavy atom. The van der Waals surface area contributed by atoms with Crippen LogP contribution in [-0.2, 0) is 43.4 Å². The van der Waals surface area contributed by atoms with Crippen molar-refractivity contribution >= 4 is 63.1 Å². The largest absolute Gasteiger partial charge is 0.370 e. The van der Waals surface area contributed by atoms with Gasteiger partial charge in [-0.25, -0.2) is 0 Å². The molecular weight excluding hydrogens is 717 g/mol. The van der Waals surface area contributed by atoms with E-state index >= 15 is 0 Å². The normalized spacial score (nSPS) is 20.7. The Hall–Kier alpha value is -6.65. The quantitative estimate of drug-likeness (QED) is 0.0572. The predicted molar refractivity (Wildman–Crippen MR) is 213 cm³/mol. The number of fused-ring (bicyclic) bond motifs is 5. The molecule has 1 aromatic heterocycles. The molecule has 17 heteroatoms. The van der Waals surface area contributed by atoms with Crippen LogP contribution in [0, 0.1) is 0 Å². The Kier molecular flexibility index (Phi) is 12.3. The number of amides is 5. The molecule has 1 saturated heterocycles. The fourth-order valence-electron chi connectivity index (χ4n) is 7.29. The van der Waals surface area contributed by atoms with Gasteiger partial charge in [0.1, 0.15) is 24.2 Å². The summed E-state index contributed by atoms with van der Waals surface area (Å²) in [5, 5.41) is 14.0. The SMILES string of the molecule is NC(N)=NCCC[C@@H]1NC(=O)[C@H]2Cc3c([nH]c4ccccc34)CN2C(=O)[C@H](CCCN=C(N)N)NC(=O)CNC(=O)[C@H](Cc2ccc3ccccc3c2)NC1=O. The van der Waals surface area contributed by atoms with Crippen LogP contribution in [0.25, 0.3) is 21.7 Å². The molecule has 2 aliphatic heterocycles. The van der Waals surface area contributed by atoms with E-state index in [1.807, 2.05) is 66.7 Å². The molecule has 0 bridgehead atoms. The number of para-hydroxylation sites is 1. The maximum Gasteiger partial charge on any atom is 0.246 e. The molecule has 13 N–H and O–H groups in total.